The standard InChI is InChI=1S/C12H21N3O/c1-2-5-15-6-4-14-12(15)9-13-8-11-3-7-16-10-11/h4,6,11,13H,2-3,5,7-10H2,1H3. The van der Waals surface area contributed by atoms with Crippen molar-refractivity contribution in [1.82, 2.24) is 14.9 Å². The third-order valence-electron chi connectivity index (χ3n) is 3.01. The molecule has 1 atom stereocenters. The maximum absolute atomic E-state index is 5.35. The first-order valence-corrected chi connectivity index (χ1v) is 6.18. The largest absolute Gasteiger partial charge is 0.381 e. The third kappa shape index (κ3) is 3.06. The van der Waals surface area contributed by atoms with Crippen LogP contribution in [0.4, 0.5) is 0 Å². The molecule has 4 nitrogen and oxygen atoms in total. The van der Waals surface area contributed by atoms with Crippen molar-refractivity contribution in [3.8, 4) is 0 Å². The smallest absolute Gasteiger partial charge is 0.122 e. The summed E-state index contributed by atoms with van der Waals surface area (Å²) in [7, 11) is 0. The molecule has 0 aromatic carbocycles. The molecular weight excluding hydrogens is 202 g/mol. The second-order valence-electron chi connectivity index (χ2n) is 4.40. The highest BCUT2D eigenvalue weighted by atomic mass is 16.5. The molecule has 4 heteroatoms. The van der Waals surface area contributed by atoms with E-state index in [1.165, 1.54) is 6.42 Å². The van der Waals surface area contributed by atoms with Crippen LogP contribution in [0.25, 0.3) is 0 Å². The number of ether oxygens (including phenoxy) is 1. The molecule has 1 aromatic rings. The molecule has 0 spiro atoms. The van der Waals surface area contributed by atoms with Gasteiger partial charge in [-0.2, -0.15) is 0 Å². The minimum atomic E-state index is 0.689. The maximum Gasteiger partial charge on any atom is 0.122 e. The van der Waals surface area contributed by atoms with Crippen molar-refractivity contribution in [3.63, 3.8) is 0 Å². The Hall–Kier alpha value is -0.870. The van der Waals surface area contributed by atoms with Gasteiger partial charge >= 0.3 is 0 Å². The number of hydrogen-bond donors (Lipinski definition) is 1. The number of nitrogens with one attached hydrogen (secondary N) is 1. The molecule has 1 aliphatic heterocycles. The molecule has 1 aromatic heterocycles. The molecule has 0 aliphatic carbocycles. The van der Waals surface area contributed by atoms with E-state index in [1.54, 1.807) is 0 Å². The molecule has 1 N–H and O–H groups in total. The van der Waals surface area contributed by atoms with Gasteiger partial charge < -0.3 is 14.6 Å². The predicted molar refractivity (Wildman–Crippen MR) is 63.2 cm³/mol. The van der Waals surface area contributed by atoms with Crippen LogP contribution in [0.1, 0.15) is 25.6 Å². The average molecular weight is 223 g/mol. The SMILES string of the molecule is CCCn1ccnc1CNCC1CCOC1. The molecule has 1 unspecified atom stereocenters. The van der Waals surface area contributed by atoms with Crippen LogP contribution >= 0.6 is 0 Å². The molecule has 2 rings (SSSR count). The van der Waals surface area contributed by atoms with Gasteiger partial charge in [-0.25, -0.2) is 4.98 Å². The lowest BCUT2D eigenvalue weighted by Gasteiger charge is -2.10. The fourth-order valence-corrected chi connectivity index (χ4v) is 2.08. The molecular formula is C12H21N3O. The van der Waals surface area contributed by atoms with Gasteiger partial charge in [-0.05, 0) is 18.8 Å². The van der Waals surface area contributed by atoms with Gasteiger partial charge in [0.2, 0.25) is 0 Å². The zero-order valence-electron chi connectivity index (χ0n) is 9.98. The zero-order chi connectivity index (χ0) is 11.2. The Morgan fingerprint density at radius 1 is 1.62 bits per heavy atom. The molecule has 0 saturated carbocycles. The molecule has 0 radical (unpaired) electrons. The van der Waals surface area contributed by atoms with Gasteiger partial charge in [0.15, 0.2) is 0 Å². The Labute approximate surface area is 97.0 Å². The number of imidazole rings is 1. The first kappa shape index (κ1) is 11.6. The van der Waals surface area contributed by atoms with Gasteiger partial charge in [-0.15, -0.1) is 0 Å². The van der Waals surface area contributed by atoms with E-state index in [9.17, 15) is 0 Å². The van der Waals surface area contributed by atoms with Crippen LogP contribution < -0.4 is 5.32 Å². The third-order valence-corrected chi connectivity index (χ3v) is 3.01. The Morgan fingerprint density at radius 3 is 3.31 bits per heavy atom. The van der Waals surface area contributed by atoms with Crippen molar-refractivity contribution in [2.45, 2.75) is 32.9 Å². The van der Waals surface area contributed by atoms with Crippen molar-refractivity contribution in [2.24, 2.45) is 5.92 Å². The minimum absolute atomic E-state index is 0.689. The first-order chi connectivity index (χ1) is 7.90. The molecule has 0 amide bonds. The molecule has 1 saturated heterocycles. The average Bonchev–Trinajstić information content (AvgIpc) is 2.91. The Balaban J connectivity index is 1.73. The summed E-state index contributed by atoms with van der Waals surface area (Å²) in [6.45, 7) is 6.99. The van der Waals surface area contributed by atoms with Crippen molar-refractivity contribution in [3.05, 3.63) is 18.2 Å². The highest BCUT2D eigenvalue weighted by molar-refractivity contribution is 4.91. The topological polar surface area (TPSA) is 39.1 Å². The van der Waals surface area contributed by atoms with Gasteiger partial charge in [0.25, 0.3) is 0 Å². The van der Waals surface area contributed by atoms with Gasteiger partial charge in [0.1, 0.15) is 5.82 Å². The zero-order valence-corrected chi connectivity index (χ0v) is 9.98. The van der Waals surface area contributed by atoms with Crippen molar-refractivity contribution in [1.29, 1.82) is 0 Å². The van der Waals surface area contributed by atoms with E-state index in [0.717, 1.165) is 45.1 Å². The highest BCUT2D eigenvalue weighted by Gasteiger charge is 2.14. The Kier molecular flexibility index (Phi) is 4.36. The van der Waals surface area contributed by atoms with Crippen molar-refractivity contribution < 1.29 is 4.74 Å². The predicted octanol–water partition coefficient (Wildman–Crippen LogP) is 1.42. The number of aromatic nitrogens is 2. The molecule has 16 heavy (non-hydrogen) atoms. The van der Waals surface area contributed by atoms with E-state index in [-0.39, 0.29) is 0 Å². The van der Waals surface area contributed by atoms with Gasteiger partial charge in [0, 0.05) is 32.1 Å². The fourth-order valence-electron chi connectivity index (χ4n) is 2.08. The van der Waals surface area contributed by atoms with Gasteiger partial charge in [-0.1, -0.05) is 6.92 Å². The lowest BCUT2D eigenvalue weighted by atomic mass is 10.1. The number of rotatable bonds is 6. The summed E-state index contributed by atoms with van der Waals surface area (Å²) in [6, 6.07) is 0. The van der Waals surface area contributed by atoms with Crippen LogP contribution in [-0.2, 0) is 17.8 Å². The Morgan fingerprint density at radius 2 is 2.56 bits per heavy atom. The monoisotopic (exact) mass is 223 g/mol. The summed E-state index contributed by atoms with van der Waals surface area (Å²) < 4.78 is 7.57. The fraction of sp³-hybridized carbons (Fsp3) is 0.750. The molecule has 90 valence electrons. The summed E-state index contributed by atoms with van der Waals surface area (Å²) in [5.74, 6) is 1.83. The van der Waals surface area contributed by atoms with Crippen molar-refractivity contribution >= 4 is 0 Å². The van der Waals surface area contributed by atoms with E-state index in [2.05, 4.69) is 28.0 Å². The van der Waals surface area contributed by atoms with Gasteiger partial charge in [-0.3, -0.25) is 0 Å². The normalized spacial score (nSPS) is 20.4. The van der Waals surface area contributed by atoms with Crippen LogP contribution in [0.5, 0.6) is 0 Å². The lowest BCUT2D eigenvalue weighted by molar-refractivity contribution is 0.185. The van der Waals surface area contributed by atoms with E-state index in [1.807, 2.05) is 6.20 Å². The maximum atomic E-state index is 5.35. The summed E-state index contributed by atoms with van der Waals surface area (Å²) in [5.41, 5.74) is 0. The quantitative estimate of drug-likeness (QED) is 0.792. The number of nitrogens with zero attached hydrogens (tertiary/aromatic N) is 2. The van der Waals surface area contributed by atoms with Gasteiger partial charge in [0.05, 0.1) is 13.2 Å². The van der Waals surface area contributed by atoms with Crippen LogP contribution in [0, 0.1) is 5.92 Å². The summed E-state index contributed by atoms with van der Waals surface area (Å²) >= 11 is 0. The van der Waals surface area contributed by atoms with Crippen LogP contribution in [-0.4, -0.2) is 29.3 Å². The summed E-state index contributed by atoms with van der Waals surface area (Å²) in [6.07, 6.45) is 6.28. The summed E-state index contributed by atoms with van der Waals surface area (Å²) in [4.78, 5) is 4.37. The van der Waals surface area contributed by atoms with Crippen LogP contribution in [0.15, 0.2) is 12.4 Å². The van der Waals surface area contributed by atoms with Crippen LogP contribution in [0.2, 0.25) is 0 Å². The Bertz CT molecular complexity index is 305. The second kappa shape index (κ2) is 6.01. The van der Waals surface area contributed by atoms with E-state index in [0.29, 0.717) is 5.92 Å². The molecule has 1 fully saturated rings. The van der Waals surface area contributed by atoms with E-state index < -0.39 is 0 Å². The van der Waals surface area contributed by atoms with Crippen LogP contribution in [0.3, 0.4) is 0 Å². The minimum Gasteiger partial charge on any atom is -0.381 e. The molecule has 1 aliphatic rings. The second-order valence-corrected chi connectivity index (χ2v) is 4.40. The number of hydrogen-bond acceptors (Lipinski definition) is 3. The van der Waals surface area contributed by atoms with E-state index >= 15 is 0 Å². The lowest BCUT2D eigenvalue weighted by Crippen LogP contribution is -2.24. The highest BCUT2D eigenvalue weighted by Crippen LogP contribution is 2.10. The molecule has 0 bridgehead atoms. The summed E-state index contributed by atoms with van der Waals surface area (Å²) in [5, 5.41) is 3.47. The first-order valence-electron chi connectivity index (χ1n) is 6.18. The number of aryl methyl sites for hydroxylation is 1. The van der Waals surface area contributed by atoms with E-state index in [4.69, 9.17) is 4.74 Å². The van der Waals surface area contributed by atoms with Crippen molar-refractivity contribution in [2.75, 3.05) is 19.8 Å². The molecule has 2 heterocycles.